The summed E-state index contributed by atoms with van der Waals surface area (Å²) in [7, 11) is 1.82. The van der Waals surface area contributed by atoms with Crippen molar-refractivity contribution in [2.75, 3.05) is 7.05 Å². The quantitative estimate of drug-likeness (QED) is 0.619. The van der Waals surface area contributed by atoms with Crippen molar-refractivity contribution < 1.29 is 4.79 Å². The number of amides is 1. The zero-order chi connectivity index (χ0) is 18.8. The van der Waals surface area contributed by atoms with Crippen LogP contribution >= 0.6 is 22.7 Å². The largest absolute Gasteiger partial charge is 0.335 e. The molecule has 3 rings (SSSR count). The molecule has 1 aromatic carbocycles. The smallest absolute Gasteiger partial charge is 0.265 e. The summed E-state index contributed by atoms with van der Waals surface area (Å²) in [6.07, 6.45) is 0.926. The van der Waals surface area contributed by atoms with Crippen LogP contribution in [0.15, 0.2) is 23.6 Å². The maximum absolute atomic E-state index is 12.9. The molecule has 26 heavy (non-hydrogen) atoms. The van der Waals surface area contributed by atoms with Gasteiger partial charge < -0.3 is 4.90 Å². The third kappa shape index (κ3) is 3.86. The number of hydrogen-bond donors (Lipinski definition) is 0. The molecule has 0 aliphatic rings. The Morgan fingerprint density at radius 1 is 1.19 bits per heavy atom. The van der Waals surface area contributed by atoms with E-state index in [1.165, 1.54) is 22.5 Å². The van der Waals surface area contributed by atoms with Gasteiger partial charge in [0.15, 0.2) is 0 Å². The van der Waals surface area contributed by atoms with Crippen molar-refractivity contribution in [3.8, 4) is 10.6 Å². The van der Waals surface area contributed by atoms with Crippen LogP contribution in [-0.4, -0.2) is 27.8 Å². The summed E-state index contributed by atoms with van der Waals surface area (Å²) in [6, 6.07) is 6.32. The molecule has 3 aromatic rings. The van der Waals surface area contributed by atoms with E-state index in [2.05, 4.69) is 48.9 Å². The van der Waals surface area contributed by atoms with E-state index in [1.807, 2.05) is 19.4 Å². The topological polar surface area (TPSA) is 46.1 Å². The van der Waals surface area contributed by atoms with Crippen LogP contribution in [0.2, 0.25) is 0 Å². The van der Waals surface area contributed by atoms with Gasteiger partial charge in [-0.05, 0) is 32.8 Å². The molecule has 0 radical (unpaired) electrons. The predicted octanol–water partition coefficient (Wildman–Crippen LogP) is 5.03. The van der Waals surface area contributed by atoms with Gasteiger partial charge in [-0.1, -0.05) is 30.7 Å². The third-order valence-electron chi connectivity index (χ3n) is 4.25. The summed E-state index contributed by atoms with van der Waals surface area (Å²) in [6.45, 7) is 8.68. The zero-order valence-electron chi connectivity index (χ0n) is 15.8. The number of nitrogens with zero attached hydrogens (tertiary/aromatic N) is 3. The van der Waals surface area contributed by atoms with Crippen molar-refractivity contribution >= 4 is 28.6 Å². The number of aryl methyl sites for hydroxylation is 4. The van der Waals surface area contributed by atoms with E-state index in [1.54, 1.807) is 16.2 Å². The minimum absolute atomic E-state index is 0.00191. The highest BCUT2D eigenvalue weighted by molar-refractivity contribution is 7.17. The summed E-state index contributed by atoms with van der Waals surface area (Å²) >= 11 is 3.12. The highest BCUT2D eigenvalue weighted by atomic mass is 32.1. The number of aromatic nitrogens is 2. The molecule has 0 fully saturated rings. The molecule has 2 heterocycles. The van der Waals surface area contributed by atoms with Gasteiger partial charge in [-0.25, -0.2) is 9.97 Å². The van der Waals surface area contributed by atoms with Crippen molar-refractivity contribution in [2.24, 2.45) is 0 Å². The minimum atomic E-state index is 0.00191. The Kier molecular flexibility index (Phi) is 5.53. The van der Waals surface area contributed by atoms with Gasteiger partial charge in [0.2, 0.25) is 0 Å². The Labute approximate surface area is 162 Å². The van der Waals surface area contributed by atoms with Gasteiger partial charge in [-0.3, -0.25) is 4.79 Å². The molecule has 6 heteroatoms. The first-order chi connectivity index (χ1) is 12.4. The first-order valence-corrected chi connectivity index (χ1v) is 10.3. The second-order valence-corrected chi connectivity index (χ2v) is 8.44. The number of rotatable bonds is 5. The Bertz CT molecular complexity index is 942. The van der Waals surface area contributed by atoms with Crippen molar-refractivity contribution in [3.05, 3.63) is 56.0 Å². The number of hydrogen-bond acceptors (Lipinski definition) is 5. The van der Waals surface area contributed by atoms with Crippen molar-refractivity contribution in [1.82, 2.24) is 14.9 Å². The van der Waals surface area contributed by atoms with Crippen LogP contribution in [0, 0.1) is 20.8 Å². The summed E-state index contributed by atoms with van der Waals surface area (Å²) in [5, 5.41) is 4.04. The molecule has 1 amide bonds. The molecule has 2 aromatic heterocycles. The fourth-order valence-corrected chi connectivity index (χ4v) is 4.72. The molecule has 0 spiro atoms. The highest BCUT2D eigenvalue weighted by Crippen LogP contribution is 2.31. The van der Waals surface area contributed by atoms with Crippen LogP contribution in [0.5, 0.6) is 0 Å². The Balaban J connectivity index is 1.82. The lowest BCUT2D eigenvalue weighted by Gasteiger charge is -2.15. The summed E-state index contributed by atoms with van der Waals surface area (Å²) in [5.41, 5.74) is 5.23. The monoisotopic (exact) mass is 385 g/mol. The third-order valence-corrected chi connectivity index (χ3v) is 6.47. The average molecular weight is 386 g/mol. The number of thiazole rings is 2. The van der Waals surface area contributed by atoms with Crippen LogP contribution in [0.4, 0.5) is 0 Å². The fraction of sp³-hybridized carbons (Fsp3) is 0.350. The maximum atomic E-state index is 12.9. The highest BCUT2D eigenvalue weighted by Gasteiger charge is 2.21. The molecule has 0 unspecified atom stereocenters. The Morgan fingerprint density at radius 3 is 2.62 bits per heavy atom. The van der Waals surface area contributed by atoms with Crippen molar-refractivity contribution in [3.63, 3.8) is 0 Å². The lowest BCUT2D eigenvalue weighted by atomic mass is 10.1. The van der Waals surface area contributed by atoms with E-state index >= 15 is 0 Å². The Hall–Kier alpha value is -2.05. The van der Waals surface area contributed by atoms with E-state index in [9.17, 15) is 4.79 Å². The van der Waals surface area contributed by atoms with E-state index in [0.29, 0.717) is 11.4 Å². The molecule has 0 aliphatic carbocycles. The second kappa shape index (κ2) is 7.68. The number of benzene rings is 1. The van der Waals surface area contributed by atoms with Crippen LogP contribution in [0.1, 0.15) is 44.1 Å². The summed E-state index contributed by atoms with van der Waals surface area (Å²) in [4.78, 5) is 24.5. The van der Waals surface area contributed by atoms with Gasteiger partial charge in [0, 0.05) is 18.0 Å². The van der Waals surface area contributed by atoms with Gasteiger partial charge in [-0.15, -0.1) is 22.7 Å². The fourth-order valence-electron chi connectivity index (χ4n) is 2.84. The second-order valence-electron chi connectivity index (χ2n) is 6.50. The van der Waals surface area contributed by atoms with Gasteiger partial charge in [0.1, 0.15) is 9.88 Å². The van der Waals surface area contributed by atoms with Crippen molar-refractivity contribution in [1.29, 1.82) is 0 Å². The van der Waals surface area contributed by atoms with E-state index in [4.69, 9.17) is 0 Å². The van der Waals surface area contributed by atoms with Crippen LogP contribution in [0.3, 0.4) is 0 Å². The SMILES string of the molecule is CCc1nc(CN(C)C(=O)c2sc(-c3ccc(C)cc3C)nc2C)cs1. The lowest BCUT2D eigenvalue weighted by Crippen LogP contribution is -2.26. The first-order valence-electron chi connectivity index (χ1n) is 8.62. The predicted molar refractivity (Wildman–Crippen MR) is 109 cm³/mol. The van der Waals surface area contributed by atoms with E-state index in [0.717, 1.165) is 33.4 Å². The Morgan fingerprint density at radius 2 is 1.96 bits per heavy atom. The first kappa shape index (κ1) is 18.7. The molecule has 0 aliphatic heterocycles. The van der Waals surface area contributed by atoms with Gasteiger partial charge in [-0.2, -0.15) is 0 Å². The van der Waals surface area contributed by atoms with Gasteiger partial charge in [0.05, 0.1) is 22.9 Å². The van der Waals surface area contributed by atoms with Crippen LogP contribution in [-0.2, 0) is 13.0 Å². The number of carbonyl (C=O) groups is 1. The molecular formula is C20H23N3OS2. The van der Waals surface area contributed by atoms with E-state index < -0.39 is 0 Å². The molecule has 0 saturated carbocycles. The standard InChI is InChI=1S/C20H23N3OS2/c1-6-17-22-15(11-25-17)10-23(5)20(24)18-14(4)21-19(26-18)16-8-7-12(2)9-13(16)3/h7-9,11H,6,10H2,1-5H3. The normalized spacial score (nSPS) is 11.0. The molecule has 4 nitrogen and oxygen atoms in total. The molecule has 0 saturated heterocycles. The molecule has 0 atom stereocenters. The van der Waals surface area contributed by atoms with Gasteiger partial charge >= 0.3 is 0 Å². The average Bonchev–Trinajstić information content (AvgIpc) is 3.20. The van der Waals surface area contributed by atoms with Crippen LogP contribution < -0.4 is 0 Å². The summed E-state index contributed by atoms with van der Waals surface area (Å²) in [5.74, 6) is 0.00191. The minimum Gasteiger partial charge on any atom is -0.335 e. The number of carbonyl (C=O) groups excluding carboxylic acids is 1. The maximum Gasteiger partial charge on any atom is 0.265 e. The van der Waals surface area contributed by atoms with Crippen LogP contribution in [0.25, 0.3) is 10.6 Å². The zero-order valence-corrected chi connectivity index (χ0v) is 17.4. The lowest BCUT2D eigenvalue weighted by molar-refractivity contribution is 0.0787. The summed E-state index contributed by atoms with van der Waals surface area (Å²) < 4.78 is 0. The molecule has 0 N–H and O–H groups in total. The molecule has 0 bridgehead atoms. The van der Waals surface area contributed by atoms with Crippen molar-refractivity contribution in [2.45, 2.75) is 40.7 Å². The molecule has 136 valence electrons. The van der Waals surface area contributed by atoms with E-state index in [-0.39, 0.29) is 5.91 Å². The molecular weight excluding hydrogens is 362 g/mol. The van der Waals surface area contributed by atoms with Gasteiger partial charge in [0.25, 0.3) is 5.91 Å².